The fourth-order valence-corrected chi connectivity index (χ4v) is 4.46. The third-order valence-corrected chi connectivity index (χ3v) is 6.26. The molecule has 2 heterocycles. The molecule has 176 valence electrons. The van der Waals surface area contributed by atoms with Crippen LogP contribution in [-0.4, -0.2) is 30.0 Å². The summed E-state index contributed by atoms with van der Waals surface area (Å²) in [6, 6.07) is 18.7. The van der Waals surface area contributed by atoms with Crippen LogP contribution in [0.4, 0.5) is 15.2 Å². The standard InChI is InChI=1S/C26H20FN3O4S/c1-33-22-10-9-15(12-19(22)27)20-14-35-26(29-20)30-24(31)17-6-4-7-18(11-17)28-25(32)23-13-16-5-2-3-8-21(16)34-23/h2-12,14,23H,13H2,1H3,(H,28,32)(H,29,30,31). The normalized spacial score (nSPS) is 14.1. The summed E-state index contributed by atoms with van der Waals surface area (Å²) in [5.74, 6) is -0.300. The second-order valence-corrected chi connectivity index (χ2v) is 8.69. The van der Waals surface area contributed by atoms with E-state index in [0.29, 0.717) is 39.8 Å². The minimum atomic E-state index is -0.624. The third kappa shape index (κ3) is 4.85. The SMILES string of the molecule is COc1ccc(-c2csc(NC(=O)c3cccc(NC(=O)C4Cc5ccccc5O4)c3)n2)cc1F. The van der Waals surface area contributed by atoms with Crippen LogP contribution in [0.2, 0.25) is 0 Å². The summed E-state index contributed by atoms with van der Waals surface area (Å²) in [7, 11) is 1.40. The first-order valence-electron chi connectivity index (χ1n) is 10.8. The minimum Gasteiger partial charge on any atom is -0.494 e. The lowest BCUT2D eigenvalue weighted by Crippen LogP contribution is -2.31. The maximum atomic E-state index is 14.0. The number of benzene rings is 3. The Hall–Kier alpha value is -4.24. The van der Waals surface area contributed by atoms with Crippen LogP contribution in [-0.2, 0) is 11.2 Å². The van der Waals surface area contributed by atoms with Crippen molar-refractivity contribution in [1.29, 1.82) is 0 Å². The summed E-state index contributed by atoms with van der Waals surface area (Å²) in [6.45, 7) is 0. The predicted molar refractivity (Wildman–Crippen MR) is 132 cm³/mol. The van der Waals surface area contributed by atoms with Gasteiger partial charge in [0.25, 0.3) is 11.8 Å². The number of hydrogen-bond donors (Lipinski definition) is 2. The van der Waals surface area contributed by atoms with Gasteiger partial charge in [-0.25, -0.2) is 9.37 Å². The van der Waals surface area contributed by atoms with Crippen molar-refractivity contribution in [1.82, 2.24) is 4.98 Å². The first kappa shape index (κ1) is 22.5. The van der Waals surface area contributed by atoms with E-state index in [9.17, 15) is 14.0 Å². The van der Waals surface area contributed by atoms with Gasteiger partial charge in [0.15, 0.2) is 22.8 Å². The van der Waals surface area contributed by atoms with E-state index in [1.807, 2.05) is 24.3 Å². The van der Waals surface area contributed by atoms with Gasteiger partial charge in [0.2, 0.25) is 0 Å². The second-order valence-electron chi connectivity index (χ2n) is 7.83. The number of hydrogen-bond acceptors (Lipinski definition) is 6. The number of methoxy groups -OCH3 is 1. The minimum absolute atomic E-state index is 0.147. The monoisotopic (exact) mass is 489 g/mol. The molecule has 1 aliphatic heterocycles. The van der Waals surface area contributed by atoms with E-state index < -0.39 is 11.9 Å². The summed E-state index contributed by atoms with van der Waals surface area (Å²) in [5.41, 5.74) is 2.92. The molecule has 1 atom stereocenters. The van der Waals surface area contributed by atoms with Gasteiger partial charge in [-0.2, -0.15) is 0 Å². The molecule has 0 saturated heterocycles. The number of thiazole rings is 1. The number of rotatable bonds is 6. The number of amides is 2. The van der Waals surface area contributed by atoms with Gasteiger partial charge in [0.1, 0.15) is 5.75 Å². The molecule has 3 aromatic carbocycles. The lowest BCUT2D eigenvalue weighted by Gasteiger charge is -2.12. The van der Waals surface area contributed by atoms with Crippen molar-refractivity contribution in [3.05, 3.63) is 89.1 Å². The van der Waals surface area contributed by atoms with E-state index in [0.717, 1.165) is 5.56 Å². The van der Waals surface area contributed by atoms with Crippen LogP contribution in [0.3, 0.4) is 0 Å². The number of ether oxygens (including phenoxy) is 2. The van der Waals surface area contributed by atoms with Crippen molar-refractivity contribution < 1.29 is 23.5 Å². The number of nitrogens with zero attached hydrogens (tertiary/aromatic N) is 1. The van der Waals surface area contributed by atoms with Gasteiger partial charge in [-0.1, -0.05) is 24.3 Å². The van der Waals surface area contributed by atoms with Gasteiger partial charge in [-0.15, -0.1) is 11.3 Å². The Kier molecular flexibility index (Phi) is 6.15. The van der Waals surface area contributed by atoms with Crippen LogP contribution >= 0.6 is 11.3 Å². The Morgan fingerprint density at radius 3 is 2.74 bits per heavy atom. The molecule has 0 spiro atoms. The molecule has 1 aliphatic rings. The molecule has 2 amide bonds. The predicted octanol–water partition coefficient (Wildman–Crippen LogP) is 5.15. The van der Waals surface area contributed by atoms with E-state index in [-0.39, 0.29) is 17.6 Å². The molecule has 1 unspecified atom stereocenters. The number of halogens is 1. The highest BCUT2D eigenvalue weighted by molar-refractivity contribution is 7.14. The first-order valence-corrected chi connectivity index (χ1v) is 11.6. The molecule has 0 fully saturated rings. The number of carbonyl (C=O) groups excluding carboxylic acids is 2. The van der Waals surface area contributed by atoms with Crippen LogP contribution < -0.4 is 20.1 Å². The van der Waals surface area contributed by atoms with Crippen LogP contribution in [0.1, 0.15) is 15.9 Å². The lowest BCUT2D eigenvalue weighted by molar-refractivity contribution is -0.122. The summed E-state index contributed by atoms with van der Waals surface area (Å²) < 4.78 is 24.7. The van der Waals surface area contributed by atoms with Crippen LogP contribution in [0.15, 0.2) is 72.1 Å². The molecule has 0 bridgehead atoms. The van der Waals surface area contributed by atoms with E-state index in [1.165, 1.54) is 30.6 Å². The number of aromatic nitrogens is 1. The molecule has 1 aromatic heterocycles. The van der Waals surface area contributed by atoms with Crippen molar-refractivity contribution in [2.75, 3.05) is 17.7 Å². The molecule has 4 aromatic rings. The maximum Gasteiger partial charge on any atom is 0.265 e. The molecule has 0 aliphatic carbocycles. The Bertz CT molecular complexity index is 1400. The smallest absolute Gasteiger partial charge is 0.265 e. The third-order valence-electron chi connectivity index (χ3n) is 5.50. The number of fused-ring (bicyclic) bond motifs is 1. The van der Waals surface area contributed by atoms with Crippen molar-refractivity contribution >= 4 is 34.0 Å². The van der Waals surface area contributed by atoms with Crippen LogP contribution in [0, 0.1) is 5.82 Å². The average molecular weight is 490 g/mol. The Morgan fingerprint density at radius 1 is 1.09 bits per heavy atom. The van der Waals surface area contributed by atoms with Gasteiger partial charge in [0.05, 0.1) is 12.8 Å². The van der Waals surface area contributed by atoms with Gasteiger partial charge in [-0.3, -0.25) is 14.9 Å². The summed E-state index contributed by atoms with van der Waals surface area (Å²) in [4.78, 5) is 29.8. The summed E-state index contributed by atoms with van der Waals surface area (Å²) >= 11 is 1.23. The zero-order valence-electron chi connectivity index (χ0n) is 18.6. The van der Waals surface area contributed by atoms with Crippen molar-refractivity contribution in [2.24, 2.45) is 0 Å². The average Bonchev–Trinajstić information content (AvgIpc) is 3.51. The highest BCUT2D eigenvalue weighted by Crippen LogP contribution is 2.30. The van der Waals surface area contributed by atoms with Crippen molar-refractivity contribution in [3.63, 3.8) is 0 Å². The number of nitrogens with one attached hydrogen (secondary N) is 2. The zero-order chi connectivity index (χ0) is 24.4. The molecule has 7 nitrogen and oxygen atoms in total. The second kappa shape index (κ2) is 9.55. The molecule has 5 rings (SSSR count). The van der Waals surface area contributed by atoms with Crippen molar-refractivity contribution in [2.45, 2.75) is 12.5 Å². The molecular formula is C26H20FN3O4S. The van der Waals surface area contributed by atoms with Crippen molar-refractivity contribution in [3.8, 4) is 22.8 Å². The Balaban J connectivity index is 1.23. The highest BCUT2D eigenvalue weighted by atomic mass is 32.1. The maximum absolute atomic E-state index is 14.0. The molecule has 0 radical (unpaired) electrons. The zero-order valence-corrected chi connectivity index (χ0v) is 19.4. The Morgan fingerprint density at radius 2 is 1.94 bits per heavy atom. The fraction of sp³-hybridized carbons (Fsp3) is 0.115. The topological polar surface area (TPSA) is 89.6 Å². The van der Waals surface area contributed by atoms with Gasteiger partial charge >= 0.3 is 0 Å². The molecule has 0 saturated carbocycles. The Labute approximate surface area is 204 Å². The summed E-state index contributed by atoms with van der Waals surface area (Å²) in [6.07, 6.45) is -0.131. The quantitative estimate of drug-likeness (QED) is 0.391. The summed E-state index contributed by atoms with van der Waals surface area (Å²) in [5, 5.41) is 7.66. The van der Waals surface area contributed by atoms with Gasteiger partial charge in [-0.05, 0) is 48.0 Å². The van der Waals surface area contributed by atoms with E-state index in [2.05, 4.69) is 15.6 Å². The van der Waals surface area contributed by atoms with Gasteiger partial charge < -0.3 is 14.8 Å². The van der Waals surface area contributed by atoms with E-state index in [1.54, 1.807) is 35.7 Å². The van der Waals surface area contributed by atoms with E-state index in [4.69, 9.17) is 9.47 Å². The van der Waals surface area contributed by atoms with E-state index >= 15 is 0 Å². The van der Waals surface area contributed by atoms with Gasteiger partial charge in [0, 0.05) is 28.6 Å². The fourth-order valence-electron chi connectivity index (χ4n) is 3.75. The largest absolute Gasteiger partial charge is 0.494 e. The lowest BCUT2D eigenvalue weighted by atomic mass is 10.1. The molecular weight excluding hydrogens is 469 g/mol. The highest BCUT2D eigenvalue weighted by Gasteiger charge is 2.28. The van der Waals surface area contributed by atoms with Crippen LogP contribution in [0.25, 0.3) is 11.3 Å². The van der Waals surface area contributed by atoms with Crippen LogP contribution in [0.5, 0.6) is 11.5 Å². The number of carbonyl (C=O) groups is 2. The molecule has 35 heavy (non-hydrogen) atoms. The number of anilines is 2. The molecule has 2 N–H and O–H groups in total. The molecule has 9 heteroatoms. The first-order chi connectivity index (χ1) is 17.0. The number of para-hydroxylation sites is 1.